The lowest BCUT2D eigenvalue weighted by atomic mass is 10.2. The van der Waals surface area contributed by atoms with E-state index in [0.717, 1.165) is 24.5 Å². The van der Waals surface area contributed by atoms with Gasteiger partial charge in [-0.2, -0.15) is 0 Å². The number of thiazole rings is 1. The molecule has 144 valence electrons. The maximum absolute atomic E-state index is 13.0. The van der Waals surface area contributed by atoms with Crippen molar-refractivity contribution in [3.05, 3.63) is 41.2 Å². The molecule has 0 spiro atoms. The van der Waals surface area contributed by atoms with Gasteiger partial charge in [0, 0.05) is 50.1 Å². The van der Waals surface area contributed by atoms with Crippen LogP contribution in [0.1, 0.15) is 25.0 Å². The molecule has 0 unspecified atom stereocenters. The van der Waals surface area contributed by atoms with Crippen molar-refractivity contribution in [3.63, 3.8) is 0 Å². The maximum Gasteiger partial charge on any atom is 0.226 e. The summed E-state index contributed by atoms with van der Waals surface area (Å²) in [6.07, 6.45) is 1.19. The standard InChI is InChI=1S/C19H23FN4O2S/c1-14-13-27-19(21-14)22-17(25)3-2-4-18(26)24-11-9-23(10-12-24)16-7-5-15(20)6-8-16/h5-8,13H,2-4,9-12H2,1H3,(H,21,22,25). The molecular formula is C19H23FN4O2S. The quantitative estimate of drug-likeness (QED) is 0.823. The molecule has 1 aliphatic rings. The Kier molecular flexibility index (Phi) is 6.39. The van der Waals surface area contributed by atoms with Gasteiger partial charge in [-0.1, -0.05) is 0 Å². The smallest absolute Gasteiger partial charge is 0.226 e. The Morgan fingerprint density at radius 2 is 1.85 bits per heavy atom. The number of nitrogens with one attached hydrogen (secondary N) is 1. The number of halogens is 1. The number of hydrogen-bond donors (Lipinski definition) is 1. The van der Waals surface area contributed by atoms with Crippen LogP contribution in [0, 0.1) is 12.7 Å². The topological polar surface area (TPSA) is 65.5 Å². The van der Waals surface area contributed by atoms with Crippen LogP contribution in [-0.4, -0.2) is 47.9 Å². The lowest BCUT2D eigenvalue weighted by Gasteiger charge is -2.36. The van der Waals surface area contributed by atoms with E-state index in [2.05, 4.69) is 15.2 Å². The van der Waals surface area contributed by atoms with Gasteiger partial charge < -0.3 is 15.1 Å². The van der Waals surface area contributed by atoms with E-state index in [1.165, 1.54) is 23.5 Å². The summed E-state index contributed by atoms with van der Waals surface area (Å²) in [7, 11) is 0. The largest absolute Gasteiger partial charge is 0.368 e. The van der Waals surface area contributed by atoms with Gasteiger partial charge in [-0.25, -0.2) is 9.37 Å². The van der Waals surface area contributed by atoms with Crippen LogP contribution in [0.4, 0.5) is 15.2 Å². The highest BCUT2D eigenvalue weighted by Crippen LogP contribution is 2.18. The molecule has 1 aromatic carbocycles. The number of aromatic nitrogens is 1. The predicted octanol–water partition coefficient (Wildman–Crippen LogP) is 3.05. The third-order valence-electron chi connectivity index (χ3n) is 4.48. The predicted molar refractivity (Wildman–Crippen MR) is 105 cm³/mol. The third kappa shape index (κ3) is 5.50. The van der Waals surface area contributed by atoms with Crippen LogP contribution in [0.3, 0.4) is 0 Å². The van der Waals surface area contributed by atoms with E-state index in [4.69, 9.17) is 0 Å². The molecule has 2 aromatic rings. The second kappa shape index (κ2) is 8.94. The van der Waals surface area contributed by atoms with Crippen LogP contribution in [-0.2, 0) is 9.59 Å². The van der Waals surface area contributed by atoms with Crippen molar-refractivity contribution in [2.24, 2.45) is 0 Å². The monoisotopic (exact) mass is 390 g/mol. The lowest BCUT2D eigenvalue weighted by Crippen LogP contribution is -2.48. The Morgan fingerprint density at radius 3 is 2.48 bits per heavy atom. The molecule has 1 aliphatic heterocycles. The number of aryl methyl sites for hydroxylation is 1. The number of piperazine rings is 1. The first-order valence-electron chi connectivity index (χ1n) is 9.01. The highest BCUT2D eigenvalue weighted by atomic mass is 32.1. The van der Waals surface area contributed by atoms with E-state index in [9.17, 15) is 14.0 Å². The van der Waals surface area contributed by atoms with Crippen molar-refractivity contribution in [3.8, 4) is 0 Å². The highest BCUT2D eigenvalue weighted by molar-refractivity contribution is 7.13. The summed E-state index contributed by atoms with van der Waals surface area (Å²) in [6, 6.07) is 6.42. The number of nitrogens with zero attached hydrogens (tertiary/aromatic N) is 3. The van der Waals surface area contributed by atoms with Gasteiger partial charge in [0.05, 0.1) is 5.69 Å². The summed E-state index contributed by atoms with van der Waals surface area (Å²) in [5, 5.41) is 5.23. The minimum absolute atomic E-state index is 0.0756. The summed E-state index contributed by atoms with van der Waals surface area (Å²) >= 11 is 1.40. The van der Waals surface area contributed by atoms with Gasteiger partial charge in [-0.3, -0.25) is 9.59 Å². The van der Waals surface area contributed by atoms with Gasteiger partial charge in [-0.15, -0.1) is 11.3 Å². The number of anilines is 2. The highest BCUT2D eigenvalue weighted by Gasteiger charge is 2.21. The van der Waals surface area contributed by atoms with Crippen LogP contribution in [0.15, 0.2) is 29.6 Å². The molecule has 1 N–H and O–H groups in total. The third-order valence-corrected chi connectivity index (χ3v) is 5.36. The Hall–Kier alpha value is -2.48. The number of hydrogen-bond acceptors (Lipinski definition) is 5. The van der Waals surface area contributed by atoms with E-state index in [1.807, 2.05) is 17.2 Å². The van der Waals surface area contributed by atoms with Gasteiger partial charge >= 0.3 is 0 Å². The molecule has 0 atom stereocenters. The second-order valence-corrected chi connectivity index (χ2v) is 7.40. The van der Waals surface area contributed by atoms with Crippen molar-refractivity contribution in [1.82, 2.24) is 9.88 Å². The first-order valence-corrected chi connectivity index (χ1v) is 9.89. The first-order chi connectivity index (χ1) is 13.0. The fourth-order valence-corrected chi connectivity index (χ4v) is 3.72. The molecule has 0 saturated carbocycles. The molecule has 2 heterocycles. The summed E-state index contributed by atoms with van der Waals surface area (Å²) in [5.74, 6) is -0.286. The Bertz CT molecular complexity index is 785. The van der Waals surface area contributed by atoms with Gasteiger partial charge in [-0.05, 0) is 37.6 Å². The molecule has 8 heteroatoms. The lowest BCUT2D eigenvalue weighted by molar-refractivity contribution is -0.131. The molecule has 6 nitrogen and oxygen atoms in total. The normalized spacial score (nSPS) is 14.3. The molecule has 3 rings (SSSR count). The summed E-state index contributed by atoms with van der Waals surface area (Å²) in [5.41, 5.74) is 1.85. The number of carbonyl (C=O) groups excluding carboxylic acids is 2. The van der Waals surface area contributed by atoms with Crippen molar-refractivity contribution < 1.29 is 14.0 Å². The van der Waals surface area contributed by atoms with E-state index in [-0.39, 0.29) is 17.6 Å². The number of amides is 2. The van der Waals surface area contributed by atoms with Crippen LogP contribution in [0.25, 0.3) is 0 Å². The van der Waals surface area contributed by atoms with Crippen LogP contribution >= 0.6 is 11.3 Å². The molecular weight excluding hydrogens is 367 g/mol. The summed E-state index contributed by atoms with van der Waals surface area (Å²) < 4.78 is 13.0. The fraction of sp³-hybridized carbons (Fsp3) is 0.421. The Morgan fingerprint density at radius 1 is 1.15 bits per heavy atom. The average molecular weight is 390 g/mol. The minimum Gasteiger partial charge on any atom is -0.368 e. The molecule has 1 saturated heterocycles. The zero-order valence-corrected chi connectivity index (χ0v) is 16.1. The number of rotatable bonds is 6. The Balaban J connectivity index is 1.36. The van der Waals surface area contributed by atoms with Crippen molar-refractivity contribution in [2.75, 3.05) is 36.4 Å². The summed E-state index contributed by atoms with van der Waals surface area (Å²) in [4.78, 5) is 32.4. The van der Waals surface area contributed by atoms with Crippen LogP contribution in [0.5, 0.6) is 0 Å². The fourth-order valence-electron chi connectivity index (χ4n) is 3.02. The van der Waals surface area contributed by atoms with Gasteiger partial charge in [0.2, 0.25) is 11.8 Å². The zero-order valence-electron chi connectivity index (χ0n) is 15.3. The van der Waals surface area contributed by atoms with E-state index < -0.39 is 0 Å². The average Bonchev–Trinajstić information content (AvgIpc) is 3.07. The molecule has 0 bridgehead atoms. The number of benzene rings is 1. The SMILES string of the molecule is Cc1csc(NC(=O)CCCC(=O)N2CCN(c3ccc(F)cc3)CC2)n1. The van der Waals surface area contributed by atoms with Gasteiger partial charge in [0.25, 0.3) is 0 Å². The van der Waals surface area contributed by atoms with Gasteiger partial charge in [0.15, 0.2) is 5.13 Å². The molecule has 27 heavy (non-hydrogen) atoms. The minimum atomic E-state index is -0.249. The molecule has 0 aliphatic carbocycles. The van der Waals surface area contributed by atoms with Crippen LogP contribution in [0.2, 0.25) is 0 Å². The van der Waals surface area contributed by atoms with E-state index in [0.29, 0.717) is 37.5 Å². The van der Waals surface area contributed by atoms with Crippen molar-refractivity contribution >= 4 is 34.0 Å². The van der Waals surface area contributed by atoms with Crippen molar-refractivity contribution in [2.45, 2.75) is 26.2 Å². The summed E-state index contributed by atoms with van der Waals surface area (Å²) in [6.45, 7) is 4.60. The van der Waals surface area contributed by atoms with Gasteiger partial charge in [0.1, 0.15) is 5.82 Å². The first kappa shape index (κ1) is 19.3. The van der Waals surface area contributed by atoms with E-state index >= 15 is 0 Å². The Labute approximate surface area is 162 Å². The van der Waals surface area contributed by atoms with Crippen molar-refractivity contribution in [1.29, 1.82) is 0 Å². The van der Waals surface area contributed by atoms with E-state index in [1.54, 1.807) is 12.1 Å². The molecule has 1 fully saturated rings. The molecule has 1 aromatic heterocycles. The second-order valence-electron chi connectivity index (χ2n) is 6.54. The maximum atomic E-state index is 13.0. The molecule has 0 radical (unpaired) electrons. The molecule has 2 amide bonds. The number of carbonyl (C=O) groups is 2. The zero-order chi connectivity index (χ0) is 19.2. The van der Waals surface area contributed by atoms with Crippen LogP contribution < -0.4 is 10.2 Å².